The Morgan fingerprint density at radius 1 is 1.06 bits per heavy atom. The Kier molecular flexibility index (Phi) is 5.72. The standard InChI is InChI=1S/C23H22ClN3O6/c24-15-1-3-17-19(11-15)33-23(30)27(17)10-7-21(28)26-8-5-14(6-9-26)22(29)25-16-2-4-18-20(12-16)32-13-31-18/h1-4,11-12,14H,5-10,13H2,(H,25,29). The van der Waals surface area contributed by atoms with Gasteiger partial charge < -0.3 is 24.1 Å². The fourth-order valence-corrected chi connectivity index (χ4v) is 4.39. The van der Waals surface area contributed by atoms with Crippen molar-refractivity contribution in [1.29, 1.82) is 0 Å². The first kappa shape index (κ1) is 21.4. The number of piperidine rings is 1. The zero-order valence-electron chi connectivity index (χ0n) is 17.7. The third-order valence-corrected chi connectivity index (χ3v) is 6.27. The molecule has 1 N–H and O–H groups in total. The Morgan fingerprint density at radius 2 is 1.85 bits per heavy atom. The van der Waals surface area contributed by atoms with Crippen LogP contribution < -0.4 is 20.5 Å². The smallest absolute Gasteiger partial charge is 0.419 e. The molecule has 0 unspecified atom stereocenters. The number of anilines is 1. The van der Waals surface area contributed by atoms with Crippen molar-refractivity contribution in [2.24, 2.45) is 5.92 Å². The van der Waals surface area contributed by atoms with Crippen molar-refractivity contribution in [3.8, 4) is 11.5 Å². The van der Waals surface area contributed by atoms with Crippen molar-refractivity contribution < 1.29 is 23.5 Å². The van der Waals surface area contributed by atoms with E-state index in [2.05, 4.69) is 5.32 Å². The van der Waals surface area contributed by atoms with Crippen LogP contribution in [0.1, 0.15) is 19.3 Å². The van der Waals surface area contributed by atoms with Crippen molar-refractivity contribution in [2.45, 2.75) is 25.8 Å². The molecule has 2 aliphatic rings. The molecule has 10 heteroatoms. The largest absolute Gasteiger partial charge is 0.454 e. The van der Waals surface area contributed by atoms with E-state index in [0.717, 1.165) is 0 Å². The molecule has 33 heavy (non-hydrogen) atoms. The number of carbonyl (C=O) groups is 2. The second kappa shape index (κ2) is 8.82. The highest BCUT2D eigenvalue weighted by Gasteiger charge is 2.28. The summed E-state index contributed by atoms with van der Waals surface area (Å²) in [5.74, 6) is 0.453. The Balaban J connectivity index is 1.13. The van der Waals surface area contributed by atoms with Gasteiger partial charge in [-0.25, -0.2) is 4.79 Å². The number of amides is 2. The van der Waals surface area contributed by atoms with Crippen LogP contribution in [0.2, 0.25) is 5.02 Å². The maximum Gasteiger partial charge on any atom is 0.419 e. The zero-order chi connectivity index (χ0) is 22.9. The maximum absolute atomic E-state index is 12.7. The summed E-state index contributed by atoms with van der Waals surface area (Å²) in [4.78, 5) is 39.3. The molecule has 3 heterocycles. The molecule has 0 atom stereocenters. The molecule has 2 aliphatic heterocycles. The van der Waals surface area contributed by atoms with Crippen LogP contribution in [-0.2, 0) is 16.1 Å². The third-order valence-electron chi connectivity index (χ3n) is 6.04. The van der Waals surface area contributed by atoms with Crippen molar-refractivity contribution in [2.75, 3.05) is 25.2 Å². The summed E-state index contributed by atoms with van der Waals surface area (Å²) in [6.45, 7) is 1.39. The SMILES string of the molecule is O=C(Nc1ccc2c(c1)OCO2)C1CCN(C(=O)CCn2c(=O)oc3cc(Cl)ccc32)CC1. The number of nitrogens with zero attached hydrogens (tertiary/aromatic N) is 2. The van der Waals surface area contributed by atoms with Gasteiger partial charge in [0, 0.05) is 54.8 Å². The minimum Gasteiger partial charge on any atom is -0.454 e. The number of hydrogen-bond acceptors (Lipinski definition) is 6. The minimum atomic E-state index is -0.515. The number of likely N-dealkylation sites (tertiary alicyclic amines) is 1. The lowest BCUT2D eigenvalue weighted by molar-refractivity contribution is -0.134. The summed E-state index contributed by atoms with van der Waals surface area (Å²) in [6.07, 6.45) is 1.33. The van der Waals surface area contributed by atoms with Gasteiger partial charge in [0.25, 0.3) is 0 Å². The molecule has 0 radical (unpaired) electrons. The molecule has 2 amide bonds. The van der Waals surface area contributed by atoms with Gasteiger partial charge in [0.1, 0.15) is 0 Å². The highest BCUT2D eigenvalue weighted by molar-refractivity contribution is 6.31. The number of fused-ring (bicyclic) bond motifs is 2. The third kappa shape index (κ3) is 4.41. The van der Waals surface area contributed by atoms with Gasteiger partial charge >= 0.3 is 5.76 Å². The number of aryl methyl sites for hydroxylation is 1. The monoisotopic (exact) mass is 471 g/mol. The Hall–Kier alpha value is -3.46. The number of carbonyl (C=O) groups excluding carboxylic acids is 2. The van der Waals surface area contributed by atoms with Gasteiger partial charge in [0.2, 0.25) is 18.6 Å². The Morgan fingerprint density at radius 3 is 2.67 bits per heavy atom. The van der Waals surface area contributed by atoms with Gasteiger partial charge in [-0.05, 0) is 37.1 Å². The van der Waals surface area contributed by atoms with Crippen LogP contribution in [0.25, 0.3) is 11.1 Å². The fraction of sp³-hybridized carbons (Fsp3) is 0.348. The molecule has 0 aliphatic carbocycles. The number of hydrogen-bond donors (Lipinski definition) is 1. The lowest BCUT2D eigenvalue weighted by Crippen LogP contribution is -2.41. The second-order valence-electron chi connectivity index (χ2n) is 8.09. The van der Waals surface area contributed by atoms with Gasteiger partial charge in [-0.15, -0.1) is 0 Å². The first-order valence-electron chi connectivity index (χ1n) is 10.7. The van der Waals surface area contributed by atoms with Gasteiger partial charge in [0.05, 0.1) is 5.52 Å². The number of ether oxygens (including phenoxy) is 2. The van der Waals surface area contributed by atoms with Crippen LogP contribution in [0.15, 0.2) is 45.6 Å². The van der Waals surface area contributed by atoms with Crippen molar-refractivity contribution in [1.82, 2.24) is 9.47 Å². The summed E-state index contributed by atoms with van der Waals surface area (Å²) in [5, 5.41) is 3.40. The average molecular weight is 472 g/mol. The average Bonchev–Trinajstić information content (AvgIpc) is 3.40. The van der Waals surface area contributed by atoms with Crippen LogP contribution in [0, 0.1) is 5.92 Å². The van der Waals surface area contributed by atoms with Crippen molar-refractivity contribution >= 4 is 40.2 Å². The summed E-state index contributed by atoms with van der Waals surface area (Å²) in [5.41, 5.74) is 1.66. The molecule has 3 aromatic rings. The first-order chi connectivity index (χ1) is 16.0. The predicted octanol–water partition coefficient (Wildman–Crippen LogP) is 3.24. The fourth-order valence-electron chi connectivity index (χ4n) is 4.23. The molecule has 1 fully saturated rings. The number of oxazole rings is 1. The normalized spacial score (nSPS) is 15.7. The zero-order valence-corrected chi connectivity index (χ0v) is 18.5. The van der Waals surface area contributed by atoms with Crippen molar-refractivity contribution in [3.05, 3.63) is 52.0 Å². The number of nitrogens with one attached hydrogen (secondary N) is 1. The van der Waals surface area contributed by atoms with E-state index in [-0.39, 0.29) is 37.5 Å². The lowest BCUT2D eigenvalue weighted by Gasteiger charge is -2.31. The van der Waals surface area contributed by atoms with E-state index in [9.17, 15) is 14.4 Å². The number of rotatable bonds is 5. The lowest BCUT2D eigenvalue weighted by atomic mass is 9.95. The van der Waals surface area contributed by atoms with Gasteiger partial charge in [-0.3, -0.25) is 14.2 Å². The first-order valence-corrected chi connectivity index (χ1v) is 11.1. The van der Waals surface area contributed by atoms with E-state index in [4.69, 9.17) is 25.5 Å². The molecule has 172 valence electrons. The van der Waals surface area contributed by atoms with Crippen LogP contribution >= 0.6 is 11.6 Å². The van der Waals surface area contributed by atoms with Gasteiger partial charge in [-0.1, -0.05) is 11.6 Å². The van der Waals surface area contributed by atoms with Crippen LogP contribution in [0.3, 0.4) is 0 Å². The predicted molar refractivity (Wildman–Crippen MR) is 121 cm³/mol. The molecule has 0 saturated carbocycles. The van der Waals surface area contributed by atoms with Crippen LogP contribution in [0.4, 0.5) is 5.69 Å². The Labute approximate surface area is 193 Å². The molecule has 9 nitrogen and oxygen atoms in total. The van der Waals surface area contributed by atoms with Crippen LogP contribution in [0.5, 0.6) is 11.5 Å². The summed E-state index contributed by atoms with van der Waals surface area (Å²) in [6, 6.07) is 10.3. The van der Waals surface area contributed by atoms with Gasteiger partial charge in [-0.2, -0.15) is 0 Å². The molecule has 0 spiro atoms. The number of aromatic nitrogens is 1. The number of halogens is 1. The highest BCUT2D eigenvalue weighted by Crippen LogP contribution is 2.34. The molecule has 1 aromatic heterocycles. The van der Waals surface area contributed by atoms with E-state index >= 15 is 0 Å². The molecule has 5 rings (SSSR count). The summed E-state index contributed by atoms with van der Waals surface area (Å²) >= 11 is 5.94. The van der Waals surface area contributed by atoms with E-state index in [1.807, 2.05) is 0 Å². The van der Waals surface area contributed by atoms with E-state index in [1.165, 1.54) is 4.57 Å². The molecular weight excluding hydrogens is 450 g/mol. The van der Waals surface area contributed by atoms with E-state index in [0.29, 0.717) is 59.2 Å². The molecule has 1 saturated heterocycles. The number of benzene rings is 2. The molecule has 0 bridgehead atoms. The van der Waals surface area contributed by atoms with Crippen LogP contribution in [-0.4, -0.2) is 41.2 Å². The van der Waals surface area contributed by atoms with E-state index in [1.54, 1.807) is 41.3 Å². The Bertz CT molecular complexity index is 1270. The van der Waals surface area contributed by atoms with E-state index < -0.39 is 5.76 Å². The summed E-state index contributed by atoms with van der Waals surface area (Å²) in [7, 11) is 0. The van der Waals surface area contributed by atoms with Crippen molar-refractivity contribution in [3.63, 3.8) is 0 Å². The second-order valence-corrected chi connectivity index (χ2v) is 8.53. The molecule has 2 aromatic carbocycles. The quantitative estimate of drug-likeness (QED) is 0.612. The molecular formula is C23H22ClN3O6. The maximum atomic E-state index is 12.7. The highest BCUT2D eigenvalue weighted by atomic mass is 35.5. The topological polar surface area (TPSA) is 103 Å². The minimum absolute atomic E-state index is 0.0557. The van der Waals surface area contributed by atoms with Gasteiger partial charge in [0.15, 0.2) is 17.1 Å². The summed E-state index contributed by atoms with van der Waals surface area (Å²) < 4.78 is 17.3.